The molecule has 21 heavy (non-hydrogen) atoms. The van der Waals surface area contributed by atoms with Gasteiger partial charge in [0.05, 0.1) is 18.4 Å². The molecule has 1 heterocycles. The molecule has 2 aromatic rings. The normalized spacial score (nSPS) is 10.2. The van der Waals surface area contributed by atoms with Crippen molar-refractivity contribution in [3.05, 3.63) is 34.3 Å². The predicted octanol–water partition coefficient (Wildman–Crippen LogP) is 2.79. The Bertz CT molecular complexity index is 703. The topological polar surface area (TPSA) is 87.9 Å². The largest absolute Gasteiger partial charge is 0.495 e. The molecular formula is C14H14N4O2S. The Balaban J connectivity index is 2.36. The molecule has 7 heteroatoms. The summed E-state index contributed by atoms with van der Waals surface area (Å²) in [5, 5.41) is 15.8. The molecule has 1 aromatic heterocycles. The van der Waals surface area contributed by atoms with Crippen molar-refractivity contribution in [2.45, 2.75) is 19.8 Å². The summed E-state index contributed by atoms with van der Waals surface area (Å²) in [6.45, 7) is 3.88. The Hall–Kier alpha value is -2.46. The fourth-order valence-electron chi connectivity index (χ4n) is 1.83. The van der Waals surface area contributed by atoms with E-state index in [0.717, 1.165) is 11.5 Å². The van der Waals surface area contributed by atoms with E-state index in [9.17, 15) is 4.79 Å². The van der Waals surface area contributed by atoms with E-state index in [1.54, 1.807) is 18.2 Å². The average Bonchev–Trinajstić information content (AvgIpc) is 2.97. The first-order chi connectivity index (χ1) is 10.1. The minimum Gasteiger partial charge on any atom is -0.495 e. The number of aromatic nitrogens is 2. The number of carbonyl (C=O) groups is 1. The third-order valence-electron chi connectivity index (χ3n) is 2.87. The summed E-state index contributed by atoms with van der Waals surface area (Å²) in [4.78, 5) is 12.8. The number of nitrogens with zero attached hydrogens (tertiary/aromatic N) is 3. The molecule has 0 atom stereocenters. The number of hydrogen-bond donors (Lipinski definition) is 1. The quantitative estimate of drug-likeness (QED) is 0.938. The molecular weight excluding hydrogens is 288 g/mol. The van der Waals surface area contributed by atoms with Crippen LogP contribution in [-0.2, 0) is 0 Å². The van der Waals surface area contributed by atoms with Crippen LogP contribution in [0.3, 0.4) is 0 Å². The number of nitrogens with one attached hydrogen (secondary N) is 1. The van der Waals surface area contributed by atoms with Gasteiger partial charge in [0.25, 0.3) is 5.91 Å². The lowest BCUT2D eigenvalue weighted by Gasteiger charge is -2.11. The van der Waals surface area contributed by atoms with Crippen molar-refractivity contribution in [1.82, 2.24) is 9.59 Å². The summed E-state index contributed by atoms with van der Waals surface area (Å²) < 4.78 is 9.02. The number of methoxy groups -OCH3 is 1. The van der Waals surface area contributed by atoms with Gasteiger partial charge in [0.1, 0.15) is 22.4 Å². The van der Waals surface area contributed by atoms with E-state index in [1.807, 2.05) is 19.9 Å². The van der Waals surface area contributed by atoms with Gasteiger partial charge >= 0.3 is 0 Å². The second-order valence-corrected chi connectivity index (χ2v) is 5.34. The van der Waals surface area contributed by atoms with Crippen LogP contribution in [0.2, 0.25) is 0 Å². The highest BCUT2D eigenvalue weighted by molar-refractivity contribution is 7.08. The Morgan fingerprint density at radius 2 is 2.24 bits per heavy atom. The van der Waals surface area contributed by atoms with E-state index in [4.69, 9.17) is 10.00 Å². The molecule has 2 rings (SSSR count). The fraction of sp³-hybridized carbons (Fsp3) is 0.286. The summed E-state index contributed by atoms with van der Waals surface area (Å²) in [6, 6.07) is 7.03. The standard InChI is InChI=1S/C14H14N4O2S/c1-8(2)11-13(21-18-17-11)14(19)16-12-9(7-15)5-4-6-10(12)20-3/h4-6,8H,1-3H3,(H,16,19). The Morgan fingerprint density at radius 1 is 1.48 bits per heavy atom. The molecule has 0 fully saturated rings. The van der Waals surface area contributed by atoms with Crippen LogP contribution in [0.15, 0.2) is 18.2 Å². The van der Waals surface area contributed by atoms with Crippen LogP contribution in [0, 0.1) is 11.3 Å². The first kappa shape index (κ1) is 14.9. The number of hydrogen-bond acceptors (Lipinski definition) is 6. The number of benzene rings is 1. The summed E-state index contributed by atoms with van der Waals surface area (Å²) in [5.41, 5.74) is 1.34. The zero-order chi connectivity index (χ0) is 15.4. The lowest BCUT2D eigenvalue weighted by molar-refractivity contribution is 0.102. The van der Waals surface area contributed by atoms with Crippen molar-refractivity contribution in [1.29, 1.82) is 5.26 Å². The number of amides is 1. The number of rotatable bonds is 4. The molecule has 0 bridgehead atoms. The molecule has 1 aromatic carbocycles. The van der Waals surface area contributed by atoms with Gasteiger partial charge in [0.2, 0.25) is 0 Å². The molecule has 6 nitrogen and oxygen atoms in total. The van der Waals surface area contributed by atoms with Gasteiger partial charge in [0.15, 0.2) is 0 Å². The summed E-state index contributed by atoms with van der Waals surface area (Å²) in [7, 11) is 1.49. The molecule has 0 aliphatic carbocycles. The minimum absolute atomic E-state index is 0.0950. The van der Waals surface area contributed by atoms with Gasteiger partial charge < -0.3 is 10.1 Å². The maximum absolute atomic E-state index is 12.4. The van der Waals surface area contributed by atoms with Crippen molar-refractivity contribution < 1.29 is 9.53 Å². The molecule has 1 N–H and O–H groups in total. The van der Waals surface area contributed by atoms with Crippen molar-refractivity contribution in [3.8, 4) is 11.8 Å². The van der Waals surface area contributed by atoms with E-state index in [1.165, 1.54) is 7.11 Å². The Kier molecular flexibility index (Phi) is 4.50. The first-order valence-corrected chi connectivity index (χ1v) is 7.06. The molecule has 0 aliphatic rings. The Labute approximate surface area is 126 Å². The van der Waals surface area contributed by atoms with Crippen LogP contribution < -0.4 is 10.1 Å². The maximum Gasteiger partial charge on any atom is 0.269 e. The van der Waals surface area contributed by atoms with Crippen LogP contribution in [0.4, 0.5) is 5.69 Å². The third-order valence-corrected chi connectivity index (χ3v) is 3.61. The lowest BCUT2D eigenvalue weighted by atomic mass is 10.1. The molecule has 0 unspecified atom stereocenters. The van der Waals surface area contributed by atoms with E-state index in [2.05, 4.69) is 14.9 Å². The molecule has 0 saturated heterocycles. The molecule has 1 amide bonds. The lowest BCUT2D eigenvalue weighted by Crippen LogP contribution is -2.14. The number of anilines is 1. The third kappa shape index (κ3) is 3.01. The van der Waals surface area contributed by atoms with E-state index in [0.29, 0.717) is 27.6 Å². The van der Waals surface area contributed by atoms with Crippen LogP contribution in [0.25, 0.3) is 0 Å². The van der Waals surface area contributed by atoms with Crippen molar-refractivity contribution in [3.63, 3.8) is 0 Å². The summed E-state index contributed by atoms with van der Waals surface area (Å²) in [6.07, 6.45) is 0. The maximum atomic E-state index is 12.4. The van der Waals surface area contributed by atoms with Crippen LogP contribution in [-0.4, -0.2) is 22.6 Å². The van der Waals surface area contributed by atoms with Gasteiger partial charge in [-0.25, -0.2) is 0 Å². The SMILES string of the molecule is COc1cccc(C#N)c1NC(=O)c1snnc1C(C)C. The second-order valence-electron chi connectivity index (χ2n) is 4.59. The molecule has 0 radical (unpaired) electrons. The van der Waals surface area contributed by atoms with E-state index >= 15 is 0 Å². The monoisotopic (exact) mass is 302 g/mol. The highest BCUT2D eigenvalue weighted by atomic mass is 32.1. The number of carbonyl (C=O) groups excluding carboxylic acids is 1. The van der Waals surface area contributed by atoms with Gasteiger partial charge in [0, 0.05) is 0 Å². The van der Waals surface area contributed by atoms with E-state index in [-0.39, 0.29) is 11.8 Å². The van der Waals surface area contributed by atoms with Gasteiger partial charge in [-0.05, 0) is 29.6 Å². The number of para-hydroxylation sites is 1. The highest BCUT2D eigenvalue weighted by Crippen LogP contribution is 2.29. The van der Waals surface area contributed by atoms with Crippen LogP contribution in [0.5, 0.6) is 5.75 Å². The van der Waals surface area contributed by atoms with E-state index < -0.39 is 0 Å². The smallest absolute Gasteiger partial charge is 0.269 e. The first-order valence-electron chi connectivity index (χ1n) is 6.29. The van der Waals surface area contributed by atoms with Gasteiger partial charge in [-0.2, -0.15) is 5.26 Å². The zero-order valence-corrected chi connectivity index (χ0v) is 12.7. The minimum atomic E-state index is -0.338. The molecule has 0 spiro atoms. The number of nitriles is 1. The summed E-state index contributed by atoms with van der Waals surface area (Å²) >= 11 is 1.04. The highest BCUT2D eigenvalue weighted by Gasteiger charge is 2.21. The average molecular weight is 302 g/mol. The molecule has 108 valence electrons. The molecule has 0 aliphatic heterocycles. The summed E-state index contributed by atoms with van der Waals surface area (Å²) in [5.74, 6) is 0.193. The van der Waals surface area contributed by atoms with Gasteiger partial charge in [-0.15, -0.1) is 5.10 Å². The van der Waals surface area contributed by atoms with Crippen molar-refractivity contribution >= 4 is 23.1 Å². The number of ether oxygens (including phenoxy) is 1. The second kappa shape index (κ2) is 6.33. The van der Waals surface area contributed by atoms with Crippen molar-refractivity contribution in [2.24, 2.45) is 0 Å². The van der Waals surface area contributed by atoms with Crippen LogP contribution in [0.1, 0.15) is 40.7 Å². The zero-order valence-electron chi connectivity index (χ0n) is 11.9. The predicted molar refractivity (Wildman–Crippen MR) is 79.7 cm³/mol. The van der Waals surface area contributed by atoms with Gasteiger partial charge in [-0.1, -0.05) is 24.4 Å². The Morgan fingerprint density at radius 3 is 2.86 bits per heavy atom. The van der Waals surface area contributed by atoms with Gasteiger partial charge in [-0.3, -0.25) is 4.79 Å². The fourth-order valence-corrected chi connectivity index (χ4v) is 2.54. The van der Waals surface area contributed by atoms with Crippen molar-refractivity contribution in [2.75, 3.05) is 12.4 Å². The molecule has 0 saturated carbocycles. The van der Waals surface area contributed by atoms with Crippen LogP contribution >= 0.6 is 11.5 Å².